The smallest absolute Gasteiger partial charge is 0.220 e. The van der Waals surface area contributed by atoms with Crippen LogP contribution in [0, 0.1) is 13.8 Å². The number of hydrogen-bond donors (Lipinski definition) is 1. The monoisotopic (exact) mass is 438 g/mol. The summed E-state index contributed by atoms with van der Waals surface area (Å²) in [6.45, 7) is 6.03. The Balaban J connectivity index is 1.52. The van der Waals surface area contributed by atoms with Crippen LogP contribution in [-0.4, -0.2) is 20.5 Å². The summed E-state index contributed by atoms with van der Waals surface area (Å²) in [6.07, 6.45) is 1.04. The van der Waals surface area contributed by atoms with Crippen LogP contribution >= 0.6 is 22.9 Å². The largest absolute Gasteiger partial charge is 0.349 e. The van der Waals surface area contributed by atoms with Gasteiger partial charge >= 0.3 is 0 Å². The van der Waals surface area contributed by atoms with E-state index in [2.05, 4.69) is 5.32 Å². The van der Waals surface area contributed by atoms with Crippen molar-refractivity contribution >= 4 is 34.5 Å². The van der Waals surface area contributed by atoms with Gasteiger partial charge in [0, 0.05) is 39.3 Å². The van der Waals surface area contributed by atoms with E-state index < -0.39 is 0 Å². The molecule has 0 bridgehead atoms. The third kappa shape index (κ3) is 4.25. The van der Waals surface area contributed by atoms with Crippen molar-refractivity contribution in [1.82, 2.24) is 19.9 Å². The molecule has 7 heteroatoms. The molecule has 0 fully saturated rings. The highest BCUT2D eigenvalue weighted by molar-refractivity contribution is 7.10. The zero-order valence-corrected chi connectivity index (χ0v) is 18.7. The lowest BCUT2D eigenvalue weighted by Crippen LogP contribution is -2.26. The number of benzene rings is 1. The average Bonchev–Trinajstić information content (AvgIpc) is 3.38. The Labute approximate surface area is 184 Å². The second-order valence-corrected chi connectivity index (χ2v) is 8.79. The second-order valence-electron chi connectivity index (χ2n) is 7.37. The highest BCUT2D eigenvalue weighted by Crippen LogP contribution is 2.24. The molecule has 0 aliphatic heterocycles. The van der Waals surface area contributed by atoms with Crippen LogP contribution < -0.4 is 5.32 Å². The molecule has 3 aromatic heterocycles. The topological polar surface area (TPSA) is 59.3 Å². The lowest BCUT2D eigenvalue weighted by Gasteiger charge is -2.14. The first-order valence-electron chi connectivity index (χ1n) is 9.87. The lowest BCUT2D eigenvalue weighted by molar-refractivity contribution is -0.121. The van der Waals surface area contributed by atoms with Crippen LogP contribution in [0.1, 0.15) is 41.2 Å². The molecule has 4 rings (SSSR count). The third-order valence-electron chi connectivity index (χ3n) is 5.25. The third-order valence-corrected chi connectivity index (χ3v) is 6.56. The maximum absolute atomic E-state index is 12.5. The van der Waals surface area contributed by atoms with Gasteiger partial charge in [0.05, 0.1) is 11.7 Å². The molecule has 1 N–H and O–H groups in total. The van der Waals surface area contributed by atoms with E-state index in [-0.39, 0.29) is 11.9 Å². The van der Waals surface area contributed by atoms with Crippen molar-refractivity contribution < 1.29 is 4.79 Å². The molecule has 4 aromatic rings. The number of carbonyl (C=O) groups excluding carboxylic acids is 1. The number of hydrogen-bond acceptors (Lipinski definition) is 4. The summed E-state index contributed by atoms with van der Waals surface area (Å²) < 4.78 is 1.86. The number of halogens is 1. The predicted molar refractivity (Wildman–Crippen MR) is 122 cm³/mol. The lowest BCUT2D eigenvalue weighted by atomic mass is 10.1. The van der Waals surface area contributed by atoms with Crippen molar-refractivity contribution in [3.05, 3.63) is 74.7 Å². The van der Waals surface area contributed by atoms with Crippen LogP contribution in [0.25, 0.3) is 16.9 Å². The van der Waals surface area contributed by atoms with E-state index in [4.69, 9.17) is 21.7 Å². The minimum atomic E-state index is 0.0216. The molecule has 0 radical (unpaired) electrons. The van der Waals surface area contributed by atoms with Crippen LogP contribution in [0.4, 0.5) is 0 Å². The number of nitrogens with one attached hydrogen (secondary N) is 1. The number of nitrogens with zero attached hydrogens (tertiary/aromatic N) is 3. The van der Waals surface area contributed by atoms with Crippen LogP contribution in [0.15, 0.2) is 47.8 Å². The van der Waals surface area contributed by atoms with E-state index in [0.29, 0.717) is 17.9 Å². The van der Waals surface area contributed by atoms with E-state index in [1.165, 1.54) is 0 Å². The molecule has 0 saturated heterocycles. The summed E-state index contributed by atoms with van der Waals surface area (Å²) in [4.78, 5) is 18.3. The molecule has 30 heavy (non-hydrogen) atoms. The molecule has 0 saturated carbocycles. The first kappa shape index (κ1) is 20.6. The van der Waals surface area contributed by atoms with Crippen LogP contribution in [0.3, 0.4) is 0 Å². The Kier molecular flexibility index (Phi) is 5.88. The second kappa shape index (κ2) is 8.58. The van der Waals surface area contributed by atoms with Gasteiger partial charge in [0.1, 0.15) is 0 Å². The Morgan fingerprint density at radius 2 is 2.00 bits per heavy atom. The molecule has 0 aliphatic rings. The Morgan fingerprint density at radius 1 is 1.23 bits per heavy atom. The summed E-state index contributed by atoms with van der Waals surface area (Å²) >= 11 is 7.65. The molecular formula is C23H23ClN4OS. The number of aromatic nitrogens is 3. The van der Waals surface area contributed by atoms with Crippen molar-refractivity contribution in [3.8, 4) is 11.3 Å². The summed E-state index contributed by atoms with van der Waals surface area (Å²) in [7, 11) is 0. The number of amides is 1. The Morgan fingerprint density at radius 3 is 2.70 bits per heavy atom. The van der Waals surface area contributed by atoms with Gasteiger partial charge in [-0.1, -0.05) is 29.8 Å². The van der Waals surface area contributed by atoms with Gasteiger partial charge in [0.2, 0.25) is 5.91 Å². The van der Waals surface area contributed by atoms with E-state index >= 15 is 0 Å². The molecule has 1 atom stereocenters. The standard InChI is InChI=1S/C23H23ClN4OS/c1-14-19(10-11-23(29)26-15(2)21-5-4-12-30-21)16(3)28-22(25-14)13-20(27-28)17-6-8-18(24)9-7-17/h4-9,12-13,15H,10-11H2,1-3H3,(H,26,29). The van der Waals surface area contributed by atoms with E-state index in [1.807, 2.05) is 73.1 Å². The average molecular weight is 439 g/mol. The molecule has 1 unspecified atom stereocenters. The first-order valence-corrected chi connectivity index (χ1v) is 11.1. The fourth-order valence-electron chi connectivity index (χ4n) is 3.61. The van der Waals surface area contributed by atoms with E-state index in [0.717, 1.165) is 38.7 Å². The van der Waals surface area contributed by atoms with Gasteiger partial charge in [-0.2, -0.15) is 5.10 Å². The molecular weight excluding hydrogens is 416 g/mol. The molecule has 0 spiro atoms. The SMILES string of the molecule is Cc1nc2cc(-c3ccc(Cl)cc3)nn2c(C)c1CCC(=O)NC(C)c1cccs1. The molecule has 0 aliphatic carbocycles. The molecule has 5 nitrogen and oxygen atoms in total. The molecule has 154 valence electrons. The normalized spacial score (nSPS) is 12.3. The number of aryl methyl sites for hydroxylation is 2. The van der Waals surface area contributed by atoms with Gasteiger partial charge in [-0.05, 0) is 56.3 Å². The number of fused-ring (bicyclic) bond motifs is 1. The van der Waals surface area contributed by atoms with Crippen LogP contribution in [-0.2, 0) is 11.2 Å². The number of carbonyl (C=O) groups is 1. The summed E-state index contributed by atoms with van der Waals surface area (Å²) in [5.41, 5.74) is 5.65. The molecule has 1 aromatic carbocycles. The first-order chi connectivity index (χ1) is 14.4. The highest BCUT2D eigenvalue weighted by atomic mass is 35.5. The van der Waals surface area contributed by atoms with Gasteiger partial charge in [0.25, 0.3) is 0 Å². The van der Waals surface area contributed by atoms with Gasteiger partial charge in [-0.15, -0.1) is 11.3 Å². The summed E-state index contributed by atoms with van der Waals surface area (Å²) in [5.74, 6) is 0.0390. The van der Waals surface area contributed by atoms with Crippen LogP contribution in [0.2, 0.25) is 5.02 Å². The van der Waals surface area contributed by atoms with E-state index in [9.17, 15) is 4.79 Å². The summed E-state index contributed by atoms with van der Waals surface area (Å²) in [5, 5.41) is 10.5. The minimum absolute atomic E-state index is 0.0216. The molecule has 3 heterocycles. The van der Waals surface area contributed by atoms with Crippen LogP contribution in [0.5, 0.6) is 0 Å². The van der Waals surface area contributed by atoms with Crippen molar-refractivity contribution in [3.63, 3.8) is 0 Å². The maximum Gasteiger partial charge on any atom is 0.220 e. The Hall–Kier alpha value is -2.70. The number of rotatable bonds is 6. The zero-order chi connectivity index (χ0) is 21.3. The van der Waals surface area contributed by atoms with Gasteiger partial charge in [0.15, 0.2) is 5.65 Å². The predicted octanol–water partition coefficient (Wildman–Crippen LogP) is 5.54. The fraction of sp³-hybridized carbons (Fsp3) is 0.261. The van der Waals surface area contributed by atoms with Crippen molar-refractivity contribution in [2.24, 2.45) is 0 Å². The van der Waals surface area contributed by atoms with Crippen molar-refractivity contribution in [2.75, 3.05) is 0 Å². The highest BCUT2D eigenvalue weighted by Gasteiger charge is 2.16. The van der Waals surface area contributed by atoms with Gasteiger partial charge in [-0.3, -0.25) is 4.79 Å². The summed E-state index contributed by atoms with van der Waals surface area (Å²) in [6, 6.07) is 13.6. The van der Waals surface area contributed by atoms with Crippen molar-refractivity contribution in [2.45, 2.75) is 39.7 Å². The van der Waals surface area contributed by atoms with E-state index in [1.54, 1.807) is 11.3 Å². The fourth-order valence-corrected chi connectivity index (χ4v) is 4.47. The zero-order valence-electron chi connectivity index (χ0n) is 17.1. The Bertz CT molecular complexity index is 1180. The van der Waals surface area contributed by atoms with Gasteiger partial charge < -0.3 is 5.32 Å². The van der Waals surface area contributed by atoms with Gasteiger partial charge in [-0.25, -0.2) is 9.50 Å². The number of thiophene rings is 1. The molecule has 1 amide bonds. The van der Waals surface area contributed by atoms with Crippen molar-refractivity contribution in [1.29, 1.82) is 0 Å². The maximum atomic E-state index is 12.5. The quantitative estimate of drug-likeness (QED) is 0.430. The minimum Gasteiger partial charge on any atom is -0.349 e.